The van der Waals surface area contributed by atoms with E-state index < -0.39 is 10.0 Å². The van der Waals surface area contributed by atoms with E-state index in [4.69, 9.17) is 0 Å². The van der Waals surface area contributed by atoms with Crippen LogP contribution in [0.15, 0.2) is 51.7 Å². The van der Waals surface area contributed by atoms with Crippen molar-refractivity contribution in [1.82, 2.24) is 14.5 Å². The minimum Gasteiger partial charge on any atom is -0.357 e. The Morgan fingerprint density at radius 1 is 1.15 bits per heavy atom. The van der Waals surface area contributed by atoms with Gasteiger partial charge in [0.05, 0.1) is 11.4 Å². The molecule has 0 aliphatic carbocycles. The molecule has 6 nitrogen and oxygen atoms in total. The van der Waals surface area contributed by atoms with Crippen LogP contribution in [0.5, 0.6) is 0 Å². The number of rotatable bonds is 8. The second-order valence-electron chi connectivity index (χ2n) is 6.35. The molecule has 0 atom stereocenters. The largest absolute Gasteiger partial charge is 0.357 e. The third-order valence-electron chi connectivity index (χ3n) is 4.08. The zero-order chi connectivity index (χ0) is 19.9. The predicted octanol–water partition coefficient (Wildman–Crippen LogP) is 2.64. The quantitative estimate of drug-likeness (QED) is 0.539. The SMILES string of the molecule is CCNC(=NCc1ccc(S(=O)(=O)N(C)C)cc1)N(C)CCc1cccs1. The van der Waals surface area contributed by atoms with E-state index in [0.29, 0.717) is 11.4 Å². The summed E-state index contributed by atoms with van der Waals surface area (Å²) in [6.07, 6.45) is 0.982. The third-order valence-corrected chi connectivity index (χ3v) is 6.85. The standard InChI is InChI=1S/C19H28N4O2S2/c1-5-20-19(23(4)13-12-17-7-6-14-26-17)21-15-16-8-10-18(11-9-16)27(24,25)22(2)3/h6-11,14H,5,12-13,15H2,1-4H3,(H,20,21). The van der Waals surface area contributed by atoms with Crippen LogP contribution in [0.4, 0.5) is 0 Å². The summed E-state index contributed by atoms with van der Waals surface area (Å²) in [4.78, 5) is 8.45. The van der Waals surface area contributed by atoms with Gasteiger partial charge in [-0.1, -0.05) is 18.2 Å². The van der Waals surface area contributed by atoms with Gasteiger partial charge in [0.15, 0.2) is 5.96 Å². The van der Waals surface area contributed by atoms with Crippen molar-refractivity contribution in [2.75, 3.05) is 34.2 Å². The van der Waals surface area contributed by atoms with Gasteiger partial charge < -0.3 is 10.2 Å². The smallest absolute Gasteiger partial charge is 0.242 e. The van der Waals surface area contributed by atoms with Crippen molar-refractivity contribution in [3.63, 3.8) is 0 Å². The maximum Gasteiger partial charge on any atom is 0.242 e. The van der Waals surface area contributed by atoms with Crippen LogP contribution >= 0.6 is 11.3 Å². The first-order valence-electron chi connectivity index (χ1n) is 8.88. The van der Waals surface area contributed by atoms with Gasteiger partial charge in [-0.2, -0.15) is 0 Å². The fourth-order valence-electron chi connectivity index (χ4n) is 2.45. The minimum absolute atomic E-state index is 0.292. The summed E-state index contributed by atoms with van der Waals surface area (Å²) in [5, 5.41) is 5.40. The summed E-state index contributed by atoms with van der Waals surface area (Å²) in [7, 11) is 1.69. The molecule has 0 amide bonds. The first kappa shape index (κ1) is 21.4. The Hall–Kier alpha value is -1.90. The Kier molecular flexibility index (Phi) is 7.82. The molecule has 1 aromatic carbocycles. The maximum absolute atomic E-state index is 12.1. The van der Waals surface area contributed by atoms with Crippen LogP contribution in [0.3, 0.4) is 0 Å². The van der Waals surface area contributed by atoms with E-state index in [0.717, 1.165) is 31.0 Å². The maximum atomic E-state index is 12.1. The van der Waals surface area contributed by atoms with Crippen molar-refractivity contribution in [3.05, 3.63) is 52.2 Å². The molecule has 2 aromatic rings. The highest BCUT2D eigenvalue weighted by molar-refractivity contribution is 7.89. The minimum atomic E-state index is -3.40. The molecule has 0 bridgehead atoms. The van der Waals surface area contributed by atoms with Gasteiger partial charge in [-0.3, -0.25) is 0 Å². The number of sulfonamides is 1. The molecule has 1 N–H and O–H groups in total. The Bertz CT molecular complexity index is 829. The first-order valence-corrected chi connectivity index (χ1v) is 11.2. The molecule has 1 aromatic heterocycles. The Morgan fingerprint density at radius 3 is 2.41 bits per heavy atom. The predicted molar refractivity (Wildman–Crippen MR) is 113 cm³/mol. The molecular formula is C19H28N4O2S2. The third kappa shape index (κ3) is 6.05. The number of benzene rings is 1. The fourth-order valence-corrected chi connectivity index (χ4v) is 4.05. The van der Waals surface area contributed by atoms with Gasteiger partial charge in [-0.15, -0.1) is 11.3 Å². The van der Waals surface area contributed by atoms with E-state index in [-0.39, 0.29) is 0 Å². The van der Waals surface area contributed by atoms with Gasteiger partial charge in [-0.25, -0.2) is 17.7 Å². The van der Waals surface area contributed by atoms with Crippen LogP contribution in [0.2, 0.25) is 0 Å². The molecule has 2 rings (SSSR count). The van der Waals surface area contributed by atoms with E-state index in [1.165, 1.54) is 23.3 Å². The number of aliphatic imine (C=N–C) groups is 1. The molecule has 0 aliphatic heterocycles. The van der Waals surface area contributed by atoms with Gasteiger partial charge in [0.25, 0.3) is 0 Å². The van der Waals surface area contributed by atoms with Crippen molar-refractivity contribution in [2.45, 2.75) is 24.8 Å². The highest BCUT2D eigenvalue weighted by Crippen LogP contribution is 2.14. The molecule has 0 unspecified atom stereocenters. The number of nitrogens with one attached hydrogen (secondary N) is 1. The molecule has 0 saturated heterocycles. The number of nitrogens with zero attached hydrogens (tertiary/aromatic N) is 3. The van der Waals surface area contributed by atoms with Crippen LogP contribution in [-0.2, 0) is 23.0 Å². The van der Waals surface area contributed by atoms with Crippen molar-refractivity contribution < 1.29 is 8.42 Å². The molecule has 27 heavy (non-hydrogen) atoms. The van der Waals surface area contributed by atoms with Crippen LogP contribution < -0.4 is 5.32 Å². The van der Waals surface area contributed by atoms with Crippen LogP contribution in [0.1, 0.15) is 17.4 Å². The molecule has 8 heteroatoms. The molecule has 0 spiro atoms. The Balaban J connectivity index is 2.03. The monoisotopic (exact) mass is 408 g/mol. The van der Waals surface area contributed by atoms with Crippen LogP contribution in [0.25, 0.3) is 0 Å². The Morgan fingerprint density at radius 2 is 1.85 bits per heavy atom. The zero-order valence-electron chi connectivity index (χ0n) is 16.3. The van der Waals surface area contributed by atoms with Gasteiger partial charge >= 0.3 is 0 Å². The van der Waals surface area contributed by atoms with Gasteiger partial charge in [-0.05, 0) is 42.5 Å². The van der Waals surface area contributed by atoms with E-state index in [1.807, 2.05) is 26.1 Å². The van der Waals surface area contributed by atoms with Crippen LogP contribution in [0, 0.1) is 0 Å². The molecule has 148 valence electrons. The second-order valence-corrected chi connectivity index (χ2v) is 9.54. The first-order chi connectivity index (χ1) is 12.8. The van der Waals surface area contributed by atoms with Crippen molar-refractivity contribution in [3.8, 4) is 0 Å². The molecule has 0 aliphatic rings. The lowest BCUT2D eigenvalue weighted by atomic mass is 10.2. The summed E-state index contributed by atoms with van der Waals surface area (Å²) in [6.45, 7) is 4.21. The van der Waals surface area contributed by atoms with Gasteiger partial charge in [0.2, 0.25) is 10.0 Å². The number of hydrogen-bond donors (Lipinski definition) is 1. The van der Waals surface area contributed by atoms with E-state index in [9.17, 15) is 8.42 Å². The molecular weight excluding hydrogens is 380 g/mol. The van der Waals surface area contributed by atoms with Gasteiger partial charge in [0.1, 0.15) is 0 Å². The number of thiophene rings is 1. The summed E-state index contributed by atoms with van der Waals surface area (Å²) in [6, 6.07) is 11.1. The molecule has 1 heterocycles. The van der Waals surface area contributed by atoms with Crippen molar-refractivity contribution >= 4 is 27.3 Å². The lowest BCUT2D eigenvalue weighted by molar-refractivity contribution is 0.486. The second kappa shape index (κ2) is 9.87. The van der Waals surface area contributed by atoms with Gasteiger partial charge in [0, 0.05) is 39.1 Å². The molecule has 0 saturated carbocycles. The molecule has 0 radical (unpaired) electrons. The summed E-state index contributed by atoms with van der Waals surface area (Å²) < 4.78 is 25.5. The summed E-state index contributed by atoms with van der Waals surface area (Å²) in [5.74, 6) is 0.846. The Labute approximate surface area is 166 Å². The summed E-state index contributed by atoms with van der Waals surface area (Å²) >= 11 is 1.77. The summed E-state index contributed by atoms with van der Waals surface area (Å²) in [5.41, 5.74) is 0.967. The normalized spacial score (nSPS) is 12.4. The highest BCUT2D eigenvalue weighted by atomic mass is 32.2. The fraction of sp³-hybridized carbons (Fsp3) is 0.421. The molecule has 0 fully saturated rings. The van der Waals surface area contributed by atoms with Crippen molar-refractivity contribution in [2.24, 2.45) is 4.99 Å². The number of guanidine groups is 1. The topological polar surface area (TPSA) is 65.0 Å². The lowest BCUT2D eigenvalue weighted by Gasteiger charge is -2.21. The average Bonchev–Trinajstić information content (AvgIpc) is 3.17. The number of likely N-dealkylation sites (N-methyl/N-ethyl adjacent to an activating group) is 1. The van der Waals surface area contributed by atoms with E-state index in [2.05, 4.69) is 32.7 Å². The zero-order valence-corrected chi connectivity index (χ0v) is 18.0. The van der Waals surface area contributed by atoms with E-state index >= 15 is 0 Å². The van der Waals surface area contributed by atoms with Crippen molar-refractivity contribution in [1.29, 1.82) is 0 Å². The van der Waals surface area contributed by atoms with E-state index in [1.54, 1.807) is 23.5 Å². The average molecular weight is 409 g/mol. The lowest BCUT2D eigenvalue weighted by Crippen LogP contribution is -2.39. The highest BCUT2D eigenvalue weighted by Gasteiger charge is 2.16. The number of hydrogen-bond acceptors (Lipinski definition) is 4. The van der Waals surface area contributed by atoms with Crippen LogP contribution in [-0.4, -0.2) is 57.8 Å².